The van der Waals surface area contributed by atoms with Gasteiger partial charge in [0.15, 0.2) is 16.1 Å². The molecule has 0 bridgehead atoms. The van der Waals surface area contributed by atoms with E-state index in [4.69, 9.17) is 25.7 Å². The summed E-state index contributed by atoms with van der Waals surface area (Å²) in [5, 5.41) is 0.772. The smallest absolute Gasteiger partial charge is 0.297 e. The Balaban J connectivity index is 1.45. The minimum absolute atomic E-state index is 0.0427. The second-order valence-corrected chi connectivity index (χ2v) is 12.2. The first kappa shape index (κ1) is 26.6. The molecule has 8 rings (SSSR count). The fraction of sp³-hybridized carbons (Fsp3) is 0.118. The van der Waals surface area contributed by atoms with Crippen LogP contribution in [0, 0.1) is 6.92 Å². The van der Waals surface area contributed by atoms with Gasteiger partial charge in [-0.2, -0.15) is 0 Å². The van der Waals surface area contributed by atoms with E-state index in [9.17, 15) is 9.59 Å². The van der Waals surface area contributed by atoms with Crippen molar-refractivity contribution < 1.29 is 18.7 Å². The highest BCUT2D eigenvalue weighted by atomic mass is 35.5. The Morgan fingerprint density at radius 3 is 2.59 bits per heavy atom. The molecule has 6 aromatic rings. The number of aromatic nitrogens is 1. The maximum Gasteiger partial charge on any atom is 0.297 e. The minimum atomic E-state index is -1.86. The highest BCUT2D eigenvalue weighted by Gasteiger charge is 2.66. The number of amides is 2. The third-order valence-corrected chi connectivity index (χ3v) is 9.69. The van der Waals surface area contributed by atoms with Crippen molar-refractivity contribution in [3.8, 4) is 5.75 Å². The van der Waals surface area contributed by atoms with Gasteiger partial charge < -0.3 is 14.1 Å². The highest BCUT2D eigenvalue weighted by Crippen LogP contribution is 2.55. The maximum atomic E-state index is 15.1. The van der Waals surface area contributed by atoms with Crippen molar-refractivity contribution in [2.45, 2.75) is 19.0 Å². The van der Waals surface area contributed by atoms with Crippen LogP contribution in [-0.2, 0) is 16.9 Å². The number of carbonyl (C=O) groups is 2. The Bertz CT molecular complexity index is 2280. The highest BCUT2D eigenvalue weighted by molar-refractivity contribution is 7.22. The lowest BCUT2D eigenvalue weighted by atomic mass is 9.84. The molecule has 4 heterocycles. The van der Waals surface area contributed by atoms with Gasteiger partial charge in [0.1, 0.15) is 11.3 Å². The molecule has 0 fully saturated rings. The lowest BCUT2D eigenvalue weighted by Crippen LogP contribution is -2.53. The van der Waals surface area contributed by atoms with Crippen LogP contribution >= 0.6 is 22.9 Å². The zero-order valence-corrected chi connectivity index (χ0v) is 25.0. The van der Waals surface area contributed by atoms with Gasteiger partial charge in [0.25, 0.3) is 11.8 Å². The topological polar surface area (TPSA) is 93.0 Å². The summed E-state index contributed by atoms with van der Waals surface area (Å²) in [6, 6.07) is 25.1. The number of nitrogens with zero attached hydrogens (tertiary/aromatic N) is 3. The molecule has 4 aromatic carbocycles. The molecule has 0 saturated heterocycles. The van der Waals surface area contributed by atoms with Crippen LogP contribution in [0.1, 0.15) is 32.8 Å². The van der Waals surface area contributed by atoms with Crippen molar-refractivity contribution in [3.63, 3.8) is 0 Å². The van der Waals surface area contributed by atoms with Gasteiger partial charge in [-0.1, -0.05) is 65.4 Å². The van der Waals surface area contributed by atoms with Crippen LogP contribution in [0.2, 0.25) is 5.02 Å². The first-order valence-corrected chi connectivity index (χ1v) is 15.0. The average Bonchev–Trinajstić information content (AvgIpc) is 3.64. The van der Waals surface area contributed by atoms with E-state index in [2.05, 4.69) is 0 Å². The molecule has 0 saturated carbocycles. The lowest BCUT2D eigenvalue weighted by Gasteiger charge is -2.32. The van der Waals surface area contributed by atoms with Gasteiger partial charge in [-0.15, -0.1) is 0 Å². The molecule has 2 amide bonds. The van der Waals surface area contributed by atoms with Gasteiger partial charge in [0, 0.05) is 10.6 Å². The summed E-state index contributed by atoms with van der Waals surface area (Å²) < 4.78 is 12.3. The van der Waals surface area contributed by atoms with Gasteiger partial charge >= 0.3 is 0 Å². The van der Waals surface area contributed by atoms with E-state index in [-0.39, 0.29) is 34.0 Å². The predicted octanol–water partition coefficient (Wildman–Crippen LogP) is 6.82. The standard InChI is InChI=1S/C34H22ClN3O5S/c1-18-7-3-4-8-19(18)17-37-25-10-6-5-9-23(25)34(32(37)41)28-29(39)22-15-20(35)11-14-26(22)43-30(28)31(40)38(34)33-36-24-13-12-21(42-2)16-27(24)44-33/h3-16H,17H2,1-2H3. The number of hydrogen-bond donors (Lipinski definition) is 0. The van der Waals surface area contributed by atoms with Gasteiger partial charge in [0.2, 0.25) is 5.76 Å². The summed E-state index contributed by atoms with van der Waals surface area (Å²) in [6.45, 7) is 2.22. The molecule has 0 radical (unpaired) electrons. The molecule has 2 aromatic heterocycles. The third kappa shape index (κ3) is 3.51. The Labute approximate surface area is 259 Å². The second-order valence-electron chi connectivity index (χ2n) is 10.8. The van der Waals surface area contributed by atoms with Crippen molar-refractivity contribution in [1.82, 2.24) is 4.98 Å². The molecule has 0 aliphatic carbocycles. The minimum Gasteiger partial charge on any atom is -0.497 e. The Hall–Kier alpha value is -4.99. The number of halogens is 1. The Morgan fingerprint density at radius 2 is 1.77 bits per heavy atom. The zero-order chi connectivity index (χ0) is 30.3. The number of fused-ring (bicyclic) bond motifs is 6. The van der Waals surface area contributed by atoms with Crippen molar-refractivity contribution in [1.29, 1.82) is 0 Å². The number of carbonyl (C=O) groups excluding carboxylic acids is 2. The third-order valence-electron chi connectivity index (χ3n) is 8.45. The van der Waals surface area contributed by atoms with Crippen LogP contribution in [0.25, 0.3) is 21.2 Å². The predicted molar refractivity (Wildman–Crippen MR) is 170 cm³/mol. The summed E-state index contributed by atoms with van der Waals surface area (Å²) in [7, 11) is 1.57. The molecule has 2 aliphatic heterocycles. The first-order valence-electron chi connectivity index (χ1n) is 13.8. The number of thiazole rings is 1. The molecular formula is C34H22ClN3O5S. The number of anilines is 2. The molecule has 216 valence electrons. The molecule has 1 unspecified atom stereocenters. The number of rotatable bonds is 4. The largest absolute Gasteiger partial charge is 0.497 e. The molecular weight excluding hydrogens is 598 g/mol. The van der Waals surface area contributed by atoms with Gasteiger partial charge in [-0.3, -0.25) is 19.3 Å². The second kappa shape index (κ2) is 9.51. The van der Waals surface area contributed by atoms with Crippen molar-refractivity contribution in [2.24, 2.45) is 0 Å². The lowest BCUT2D eigenvalue weighted by molar-refractivity contribution is -0.121. The van der Waals surface area contributed by atoms with E-state index in [0.717, 1.165) is 15.8 Å². The molecule has 8 nitrogen and oxygen atoms in total. The quantitative estimate of drug-likeness (QED) is 0.215. The van der Waals surface area contributed by atoms with E-state index in [1.165, 1.54) is 22.3 Å². The molecule has 10 heteroatoms. The monoisotopic (exact) mass is 619 g/mol. The zero-order valence-electron chi connectivity index (χ0n) is 23.5. The number of hydrogen-bond acceptors (Lipinski definition) is 7. The van der Waals surface area contributed by atoms with Crippen LogP contribution in [0.15, 0.2) is 94.1 Å². The van der Waals surface area contributed by atoms with E-state index in [1.54, 1.807) is 48.4 Å². The number of benzene rings is 4. The maximum absolute atomic E-state index is 15.1. The van der Waals surface area contributed by atoms with E-state index in [0.29, 0.717) is 27.5 Å². The average molecular weight is 620 g/mol. The fourth-order valence-corrected chi connectivity index (χ4v) is 7.58. The summed E-state index contributed by atoms with van der Waals surface area (Å²) in [4.78, 5) is 52.0. The number of ether oxygens (including phenoxy) is 1. The summed E-state index contributed by atoms with van der Waals surface area (Å²) in [5.74, 6) is -0.631. The van der Waals surface area contributed by atoms with E-state index in [1.807, 2.05) is 49.4 Å². The molecule has 1 atom stereocenters. The summed E-state index contributed by atoms with van der Waals surface area (Å²) in [5.41, 5.74) is 1.47. The summed E-state index contributed by atoms with van der Waals surface area (Å²) in [6.07, 6.45) is 0. The number of aryl methyl sites for hydroxylation is 1. The van der Waals surface area contributed by atoms with Crippen LogP contribution in [-0.4, -0.2) is 23.9 Å². The molecule has 2 aliphatic rings. The van der Waals surface area contributed by atoms with Gasteiger partial charge in [-0.05, 0) is 60.5 Å². The summed E-state index contributed by atoms with van der Waals surface area (Å²) >= 11 is 7.54. The van der Waals surface area contributed by atoms with Gasteiger partial charge in [0.05, 0.1) is 40.5 Å². The van der Waals surface area contributed by atoms with Gasteiger partial charge in [-0.25, -0.2) is 4.98 Å². The number of methoxy groups -OCH3 is 1. The van der Waals surface area contributed by atoms with Crippen molar-refractivity contribution in [3.05, 3.63) is 128 Å². The van der Waals surface area contributed by atoms with Crippen molar-refractivity contribution >= 4 is 66.8 Å². The van der Waals surface area contributed by atoms with Crippen LogP contribution in [0.5, 0.6) is 5.75 Å². The van der Waals surface area contributed by atoms with Crippen LogP contribution in [0.4, 0.5) is 10.8 Å². The molecule has 44 heavy (non-hydrogen) atoms. The van der Waals surface area contributed by atoms with Crippen molar-refractivity contribution in [2.75, 3.05) is 16.9 Å². The van der Waals surface area contributed by atoms with E-state index >= 15 is 4.79 Å². The number of para-hydroxylation sites is 1. The Kier molecular flexibility index (Phi) is 5.75. The fourth-order valence-electron chi connectivity index (χ4n) is 6.37. The Morgan fingerprint density at radius 1 is 0.977 bits per heavy atom. The normalized spacial score (nSPS) is 17.2. The van der Waals surface area contributed by atoms with Crippen LogP contribution < -0.4 is 20.0 Å². The van der Waals surface area contributed by atoms with Crippen LogP contribution in [0.3, 0.4) is 0 Å². The SMILES string of the molecule is COc1ccc2nc(N3C(=O)c4oc5ccc(Cl)cc5c(=O)c4C34C(=O)N(Cc3ccccc3C)c3ccccc34)sc2c1. The molecule has 1 spiro atoms. The van der Waals surface area contributed by atoms with E-state index < -0.39 is 22.8 Å². The molecule has 0 N–H and O–H groups in total. The first-order chi connectivity index (χ1) is 21.3.